The number of hydrogen-bond donors (Lipinski definition) is 8. The van der Waals surface area contributed by atoms with Gasteiger partial charge in [0, 0.05) is 29.8 Å². The van der Waals surface area contributed by atoms with Gasteiger partial charge in [0.2, 0.25) is 5.91 Å². The highest BCUT2D eigenvalue weighted by molar-refractivity contribution is 7.46. The first kappa shape index (κ1) is 35.3. The van der Waals surface area contributed by atoms with Crippen molar-refractivity contribution in [2.24, 2.45) is 11.8 Å². The fourth-order valence-corrected chi connectivity index (χ4v) is 5.49. The predicted molar refractivity (Wildman–Crippen MR) is 149 cm³/mol. The second-order valence-electron chi connectivity index (χ2n) is 10.4. The lowest BCUT2D eigenvalue weighted by Gasteiger charge is -2.33. The quantitative estimate of drug-likeness (QED) is 0.0684. The van der Waals surface area contributed by atoms with Gasteiger partial charge in [-0.2, -0.15) is 0 Å². The van der Waals surface area contributed by atoms with Gasteiger partial charge in [0.1, 0.15) is 24.1 Å². The second-order valence-corrected chi connectivity index (χ2v) is 12.8. The highest BCUT2D eigenvalue weighted by Gasteiger charge is 2.49. The topological polar surface area (TPSA) is 272 Å². The van der Waals surface area contributed by atoms with Gasteiger partial charge in [0.05, 0.1) is 7.11 Å². The van der Waals surface area contributed by atoms with Crippen LogP contribution in [0.1, 0.15) is 43.6 Å². The van der Waals surface area contributed by atoms with E-state index in [0.29, 0.717) is 29.6 Å². The van der Waals surface area contributed by atoms with Crippen molar-refractivity contribution in [3.8, 4) is 5.75 Å². The number of hydroxylamine groups is 1. The van der Waals surface area contributed by atoms with E-state index in [1.54, 1.807) is 32.0 Å². The van der Waals surface area contributed by atoms with Crippen molar-refractivity contribution in [2.75, 3.05) is 20.3 Å². The molecule has 1 aliphatic rings. The molecule has 3 atom stereocenters. The molecule has 3 rings (SSSR count). The molecule has 44 heavy (non-hydrogen) atoms. The zero-order valence-electron chi connectivity index (χ0n) is 23.8. The zero-order chi connectivity index (χ0) is 32.9. The summed E-state index contributed by atoms with van der Waals surface area (Å²) in [5, 5.41) is 5.24. The summed E-state index contributed by atoms with van der Waals surface area (Å²) in [6.45, 7) is 2.28. The van der Waals surface area contributed by atoms with Gasteiger partial charge in [-0.15, -0.1) is 5.48 Å². The fraction of sp³-hybridized carbons (Fsp3) is 0.500. The van der Waals surface area contributed by atoms with Crippen LogP contribution in [-0.4, -0.2) is 80.2 Å². The van der Waals surface area contributed by atoms with Gasteiger partial charge >= 0.3 is 21.6 Å². The molecule has 20 heteroatoms. The van der Waals surface area contributed by atoms with E-state index in [0.717, 1.165) is 0 Å². The van der Waals surface area contributed by atoms with Crippen molar-refractivity contribution >= 4 is 50.1 Å². The Morgan fingerprint density at radius 1 is 1.14 bits per heavy atom. The monoisotopic (exact) mass is 664 g/mol. The van der Waals surface area contributed by atoms with E-state index in [4.69, 9.17) is 23.9 Å². The van der Waals surface area contributed by atoms with Crippen molar-refractivity contribution < 1.29 is 66.5 Å². The van der Waals surface area contributed by atoms with Gasteiger partial charge in [-0.3, -0.25) is 18.9 Å². The number of carbonyl (C=O) groups is 4. The number of aromatic nitrogens is 1. The Balaban J connectivity index is 1.92. The molecule has 0 bridgehead atoms. The molecule has 18 nitrogen and oxygen atoms in total. The van der Waals surface area contributed by atoms with E-state index < -0.39 is 75.8 Å². The first-order chi connectivity index (χ1) is 20.4. The number of Topliss-reactive ketones (excluding diaryl/α,β-unsaturated/α-hetero) is 1. The van der Waals surface area contributed by atoms with Crippen LogP contribution < -0.4 is 20.9 Å². The lowest BCUT2D eigenvalue weighted by atomic mass is 9.96. The summed E-state index contributed by atoms with van der Waals surface area (Å²) >= 11 is 0. The van der Waals surface area contributed by atoms with E-state index in [1.165, 1.54) is 13.2 Å². The van der Waals surface area contributed by atoms with Crippen molar-refractivity contribution in [2.45, 2.75) is 44.9 Å². The number of benzene rings is 1. The maximum absolute atomic E-state index is 13.5. The van der Waals surface area contributed by atoms with Gasteiger partial charge in [-0.1, -0.05) is 19.9 Å². The molecular weight excluding hydrogens is 630 g/mol. The number of ether oxygens (including phenoxy) is 1. The third kappa shape index (κ3) is 9.66. The number of fused-ring (bicyclic) bond motifs is 1. The number of phosphoric acid groups is 2. The fourth-order valence-electron chi connectivity index (χ4n) is 4.59. The van der Waals surface area contributed by atoms with Crippen LogP contribution in [0.4, 0.5) is 0 Å². The lowest BCUT2D eigenvalue weighted by Crippen LogP contribution is -2.59. The molecule has 244 valence electrons. The first-order valence-electron chi connectivity index (χ1n) is 13.1. The highest BCUT2D eigenvalue weighted by atomic mass is 31.2. The number of nitrogens with one attached hydrogen (secondary N) is 4. The third-order valence-electron chi connectivity index (χ3n) is 6.44. The van der Waals surface area contributed by atoms with Gasteiger partial charge in [-0.25, -0.2) is 18.4 Å². The van der Waals surface area contributed by atoms with Gasteiger partial charge in [-0.05, 0) is 37.0 Å². The number of methoxy groups -OCH3 is 1. The zero-order valence-corrected chi connectivity index (χ0v) is 25.6. The Labute approximate surface area is 250 Å². The molecule has 0 saturated carbocycles. The lowest BCUT2D eigenvalue weighted by molar-refractivity contribution is -0.179. The van der Waals surface area contributed by atoms with Crippen LogP contribution >= 0.6 is 15.6 Å². The van der Waals surface area contributed by atoms with Crippen molar-refractivity contribution in [3.05, 3.63) is 30.0 Å². The Bertz CT molecular complexity index is 1480. The number of amides is 2. The summed E-state index contributed by atoms with van der Waals surface area (Å²) in [4.78, 5) is 97.0. The molecule has 1 aliphatic heterocycles. The van der Waals surface area contributed by atoms with Crippen molar-refractivity contribution in [1.29, 1.82) is 0 Å². The summed E-state index contributed by atoms with van der Waals surface area (Å²) in [5.41, 5.74) is -0.389. The smallest absolute Gasteiger partial charge is 0.472 e. The maximum atomic E-state index is 13.5. The number of carbonyl (C=O) groups excluding carboxylic acids is 4. The average Bonchev–Trinajstić information content (AvgIpc) is 3.53. The molecule has 1 aromatic carbocycles. The number of H-pyrrole nitrogens is 1. The second kappa shape index (κ2) is 14.3. The summed E-state index contributed by atoms with van der Waals surface area (Å²) < 4.78 is 37.5. The van der Waals surface area contributed by atoms with E-state index in [9.17, 15) is 38.1 Å². The SMILES string of the molecule is COc1cccc2[nH]c(C(=O)N[C@@](CC(C)C)(OP(=O)(O)O)C(=O)ON[C@@H](C[C@@H]3CCNC3=O)C(=O)COP(=O)(O)O)cc12. The third-order valence-corrected chi connectivity index (χ3v) is 7.46. The Hall–Kier alpha value is -3.18. The predicted octanol–water partition coefficient (Wildman–Crippen LogP) is 0.379. The van der Waals surface area contributed by atoms with Crippen LogP contribution in [-0.2, 0) is 37.4 Å². The minimum atomic E-state index is -5.51. The number of rotatable bonds is 16. The average molecular weight is 664 g/mol. The van der Waals surface area contributed by atoms with Crippen LogP contribution in [0.2, 0.25) is 0 Å². The van der Waals surface area contributed by atoms with E-state index in [-0.39, 0.29) is 12.1 Å². The van der Waals surface area contributed by atoms with Crippen LogP contribution in [0.25, 0.3) is 10.9 Å². The maximum Gasteiger partial charge on any atom is 0.472 e. The molecule has 0 aliphatic carbocycles. The molecule has 2 amide bonds. The number of ketones is 1. The Kier molecular flexibility index (Phi) is 11.5. The first-order valence-corrected chi connectivity index (χ1v) is 16.2. The van der Waals surface area contributed by atoms with Crippen LogP contribution in [0.3, 0.4) is 0 Å². The molecule has 1 saturated heterocycles. The van der Waals surface area contributed by atoms with E-state index >= 15 is 0 Å². The molecule has 8 N–H and O–H groups in total. The molecule has 1 aromatic heterocycles. The van der Waals surface area contributed by atoms with E-state index in [2.05, 4.69) is 25.6 Å². The minimum Gasteiger partial charge on any atom is -0.496 e. The Morgan fingerprint density at radius 2 is 1.84 bits per heavy atom. The standard InChI is InChI=1S/C24H34N4O14P2/c1-13(2)11-24(42-44(36,37)38,27-22(31)18-10-15-16(26-18)5-4-6-20(15)39-3)23(32)41-28-17(9-14-7-8-25-21(14)30)19(29)12-40-43(33,34)35/h4-6,10,13-14,17,26,28H,7-9,11-12H2,1-3H3,(H,25,30)(H,27,31)(H2,33,34,35)(H2,36,37,38)/t14-,17-,24-/m0/s1. The van der Waals surface area contributed by atoms with Crippen molar-refractivity contribution in [1.82, 2.24) is 21.1 Å². The summed E-state index contributed by atoms with van der Waals surface area (Å²) in [7, 11) is -9.17. The number of phosphoric ester groups is 2. The highest BCUT2D eigenvalue weighted by Crippen LogP contribution is 2.43. The molecule has 1 fully saturated rings. The number of hydrogen-bond acceptors (Lipinski definition) is 11. The molecular formula is C24H34N4O14P2. The van der Waals surface area contributed by atoms with Crippen LogP contribution in [0, 0.1) is 11.8 Å². The normalized spacial score (nSPS) is 17.6. The molecule has 0 unspecified atom stereocenters. The van der Waals surface area contributed by atoms with Gasteiger partial charge < -0.3 is 44.8 Å². The summed E-state index contributed by atoms with van der Waals surface area (Å²) in [6, 6.07) is 4.74. The summed E-state index contributed by atoms with van der Waals surface area (Å²) in [5.74, 6) is -4.95. The molecule has 2 aromatic rings. The molecule has 0 spiro atoms. The summed E-state index contributed by atoms with van der Waals surface area (Å²) in [6.07, 6.45) is -0.539. The van der Waals surface area contributed by atoms with Gasteiger partial charge in [0.15, 0.2) is 5.78 Å². The molecule has 2 heterocycles. The van der Waals surface area contributed by atoms with Gasteiger partial charge in [0.25, 0.3) is 11.6 Å². The minimum absolute atomic E-state index is 0.136. The molecule has 0 radical (unpaired) electrons. The Morgan fingerprint density at radius 3 is 2.41 bits per heavy atom. The van der Waals surface area contributed by atoms with E-state index in [1.807, 2.05) is 0 Å². The van der Waals surface area contributed by atoms with Crippen LogP contribution in [0.5, 0.6) is 5.75 Å². The number of aromatic amines is 1. The largest absolute Gasteiger partial charge is 0.496 e. The van der Waals surface area contributed by atoms with Crippen LogP contribution in [0.15, 0.2) is 24.3 Å². The van der Waals surface area contributed by atoms with Crippen molar-refractivity contribution in [3.63, 3.8) is 0 Å².